The van der Waals surface area contributed by atoms with E-state index in [0.717, 1.165) is 31.9 Å². The average Bonchev–Trinajstić information content (AvgIpc) is 2.81. The monoisotopic (exact) mass is 552 g/mol. The Kier molecular flexibility index (Phi) is 7.14. The van der Waals surface area contributed by atoms with Crippen LogP contribution in [0.15, 0.2) is 82.2 Å². The molecule has 4 rings (SSSR count). The minimum Gasteiger partial charge on any atom is -0.483 e. The molecule has 8 heteroatoms. The molecule has 4 aromatic rings. The van der Waals surface area contributed by atoms with Gasteiger partial charge in [0.2, 0.25) is 0 Å². The van der Waals surface area contributed by atoms with Crippen LogP contribution in [-0.4, -0.2) is 20.9 Å². The van der Waals surface area contributed by atoms with Crippen molar-refractivity contribution in [2.75, 3.05) is 16.6 Å². The number of fused-ring (bicyclic) bond motifs is 1. The van der Waals surface area contributed by atoms with E-state index in [1.54, 1.807) is 12.1 Å². The van der Waals surface area contributed by atoms with Gasteiger partial charge in [-0.1, -0.05) is 48.0 Å². The van der Waals surface area contributed by atoms with Crippen LogP contribution in [0.5, 0.6) is 5.75 Å². The van der Waals surface area contributed by atoms with E-state index in [1.165, 1.54) is 12.1 Å². The zero-order valence-corrected chi connectivity index (χ0v) is 22.0. The van der Waals surface area contributed by atoms with Gasteiger partial charge in [0.25, 0.3) is 15.9 Å². The lowest BCUT2D eigenvalue weighted by Gasteiger charge is -2.15. The zero-order valence-electron chi connectivity index (χ0n) is 19.6. The van der Waals surface area contributed by atoms with E-state index in [2.05, 4.69) is 26.0 Å². The Balaban J connectivity index is 1.40. The van der Waals surface area contributed by atoms with E-state index in [9.17, 15) is 13.2 Å². The van der Waals surface area contributed by atoms with Crippen molar-refractivity contribution in [3.8, 4) is 5.75 Å². The standard InChI is InChI=1S/C27H25BrN2O4S/c1-17-14-18(2)27(19(3)15-17)30-35(32,33)22-11-9-21(10-12-22)29-25(31)16-34-24-13-8-20-6-4-5-7-23(20)26(24)28/h4-15,30H,16H2,1-3H3,(H,29,31). The molecule has 0 saturated carbocycles. The molecule has 0 radical (unpaired) electrons. The normalized spacial score (nSPS) is 11.3. The van der Waals surface area contributed by atoms with E-state index in [-0.39, 0.29) is 17.4 Å². The van der Waals surface area contributed by atoms with Crippen LogP contribution < -0.4 is 14.8 Å². The first-order valence-electron chi connectivity index (χ1n) is 10.9. The molecule has 0 saturated heterocycles. The molecule has 0 aromatic heterocycles. The summed E-state index contributed by atoms with van der Waals surface area (Å²) in [6.07, 6.45) is 0. The Morgan fingerprint density at radius 2 is 1.57 bits per heavy atom. The topological polar surface area (TPSA) is 84.5 Å². The van der Waals surface area contributed by atoms with Crippen molar-refractivity contribution in [1.29, 1.82) is 0 Å². The molecule has 0 aliphatic heterocycles. The van der Waals surface area contributed by atoms with Crippen molar-refractivity contribution in [2.45, 2.75) is 25.7 Å². The Morgan fingerprint density at radius 1 is 0.914 bits per heavy atom. The number of carbonyl (C=O) groups is 1. The molecule has 180 valence electrons. The van der Waals surface area contributed by atoms with Crippen molar-refractivity contribution in [3.63, 3.8) is 0 Å². The van der Waals surface area contributed by atoms with Gasteiger partial charge in [-0.05, 0) is 88.9 Å². The molecule has 35 heavy (non-hydrogen) atoms. The van der Waals surface area contributed by atoms with Crippen LogP contribution in [0.1, 0.15) is 16.7 Å². The highest BCUT2D eigenvalue weighted by Crippen LogP contribution is 2.33. The van der Waals surface area contributed by atoms with Crippen molar-refractivity contribution in [3.05, 3.63) is 94.0 Å². The second-order valence-electron chi connectivity index (χ2n) is 8.34. The Morgan fingerprint density at radius 3 is 2.26 bits per heavy atom. The zero-order chi connectivity index (χ0) is 25.2. The maximum Gasteiger partial charge on any atom is 0.262 e. The van der Waals surface area contributed by atoms with Gasteiger partial charge in [0.1, 0.15) is 5.75 Å². The Labute approximate surface area is 213 Å². The number of amides is 1. The molecule has 0 aliphatic rings. The molecule has 1 amide bonds. The van der Waals surface area contributed by atoms with E-state index in [1.807, 2.05) is 69.3 Å². The molecular formula is C27H25BrN2O4S. The first-order valence-corrected chi connectivity index (χ1v) is 13.2. The summed E-state index contributed by atoms with van der Waals surface area (Å²) in [7, 11) is -3.78. The fraction of sp³-hybridized carbons (Fsp3) is 0.148. The van der Waals surface area contributed by atoms with Crippen LogP contribution in [0.25, 0.3) is 10.8 Å². The summed E-state index contributed by atoms with van der Waals surface area (Å²) in [5, 5.41) is 4.78. The van der Waals surface area contributed by atoms with Crippen LogP contribution in [-0.2, 0) is 14.8 Å². The van der Waals surface area contributed by atoms with Crippen LogP contribution in [0, 0.1) is 20.8 Å². The number of rotatable bonds is 7. The number of benzene rings is 4. The van der Waals surface area contributed by atoms with E-state index in [0.29, 0.717) is 17.1 Å². The number of anilines is 2. The minimum atomic E-state index is -3.78. The molecular weight excluding hydrogens is 528 g/mol. The SMILES string of the molecule is Cc1cc(C)c(NS(=O)(=O)c2ccc(NC(=O)COc3ccc4ccccc4c3Br)cc2)c(C)c1. The fourth-order valence-corrected chi connectivity index (χ4v) is 5.73. The highest BCUT2D eigenvalue weighted by atomic mass is 79.9. The van der Waals surface area contributed by atoms with Gasteiger partial charge in [-0.2, -0.15) is 0 Å². The molecule has 0 unspecified atom stereocenters. The predicted molar refractivity (Wildman–Crippen MR) is 144 cm³/mol. The first kappa shape index (κ1) is 24.8. The van der Waals surface area contributed by atoms with Gasteiger partial charge in [0, 0.05) is 5.69 Å². The van der Waals surface area contributed by atoms with Crippen molar-refractivity contribution in [1.82, 2.24) is 0 Å². The molecule has 0 bridgehead atoms. The summed E-state index contributed by atoms with van der Waals surface area (Å²) in [4.78, 5) is 12.5. The summed E-state index contributed by atoms with van der Waals surface area (Å²) in [5.74, 6) is 0.206. The van der Waals surface area contributed by atoms with Gasteiger partial charge >= 0.3 is 0 Å². The molecule has 0 atom stereocenters. The van der Waals surface area contributed by atoms with Crippen LogP contribution in [0.4, 0.5) is 11.4 Å². The smallest absolute Gasteiger partial charge is 0.262 e. The molecule has 4 aromatic carbocycles. The first-order chi connectivity index (χ1) is 16.6. The molecule has 2 N–H and O–H groups in total. The van der Waals surface area contributed by atoms with E-state index < -0.39 is 10.0 Å². The second kappa shape index (κ2) is 10.1. The lowest BCUT2D eigenvalue weighted by molar-refractivity contribution is -0.118. The summed E-state index contributed by atoms with van der Waals surface area (Å²) in [6, 6.07) is 21.5. The third-order valence-electron chi connectivity index (χ3n) is 5.55. The molecule has 6 nitrogen and oxygen atoms in total. The van der Waals surface area contributed by atoms with Gasteiger partial charge in [0.15, 0.2) is 6.61 Å². The summed E-state index contributed by atoms with van der Waals surface area (Å²) < 4.78 is 34.9. The van der Waals surface area contributed by atoms with Crippen LogP contribution in [0.3, 0.4) is 0 Å². The quantitative estimate of drug-likeness (QED) is 0.280. The summed E-state index contributed by atoms with van der Waals surface area (Å²) >= 11 is 3.54. The second-order valence-corrected chi connectivity index (χ2v) is 10.8. The lowest BCUT2D eigenvalue weighted by Crippen LogP contribution is -2.20. The maximum atomic E-state index is 12.9. The fourth-order valence-electron chi connectivity index (χ4n) is 3.92. The van der Waals surface area contributed by atoms with Gasteiger partial charge in [-0.25, -0.2) is 8.42 Å². The highest BCUT2D eigenvalue weighted by molar-refractivity contribution is 9.10. The van der Waals surface area contributed by atoms with Gasteiger partial charge in [-0.3, -0.25) is 9.52 Å². The predicted octanol–water partition coefficient (Wildman–Crippen LogP) is 6.35. The number of hydrogen-bond donors (Lipinski definition) is 2. The van der Waals surface area contributed by atoms with Crippen LogP contribution >= 0.6 is 15.9 Å². The lowest BCUT2D eigenvalue weighted by atomic mass is 10.1. The molecule has 0 fully saturated rings. The number of nitrogens with one attached hydrogen (secondary N) is 2. The molecule has 0 aliphatic carbocycles. The number of aryl methyl sites for hydroxylation is 3. The number of carbonyl (C=O) groups excluding carboxylic acids is 1. The molecule has 0 spiro atoms. The highest BCUT2D eigenvalue weighted by Gasteiger charge is 2.17. The summed E-state index contributed by atoms with van der Waals surface area (Å²) in [5.41, 5.74) is 3.82. The molecule has 0 heterocycles. The van der Waals surface area contributed by atoms with Crippen molar-refractivity contribution >= 4 is 54.0 Å². The average molecular weight is 553 g/mol. The Bertz CT molecular complexity index is 1490. The van der Waals surface area contributed by atoms with Crippen LogP contribution in [0.2, 0.25) is 0 Å². The maximum absolute atomic E-state index is 12.9. The van der Waals surface area contributed by atoms with Gasteiger partial charge < -0.3 is 10.1 Å². The summed E-state index contributed by atoms with van der Waals surface area (Å²) in [6.45, 7) is 5.52. The third kappa shape index (κ3) is 5.66. The van der Waals surface area contributed by atoms with E-state index >= 15 is 0 Å². The number of halogens is 1. The van der Waals surface area contributed by atoms with Gasteiger partial charge in [-0.15, -0.1) is 0 Å². The van der Waals surface area contributed by atoms with Crippen molar-refractivity contribution in [2.24, 2.45) is 0 Å². The van der Waals surface area contributed by atoms with Crippen molar-refractivity contribution < 1.29 is 17.9 Å². The van der Waals surface area contributed by atoms with E-state index in [4.69, 9.17) is 4.74 Å². The third-order valence-corrected chi connectivity index (χ3v) is 7.73. The largest absolute Gasteiger partial charge is 0.483 e. The van der Waals surface area contributed by atoms with Gasteiger partial charge in [0.05, 0.1) is 15.1 Å². The number of hydrogen-bond acceptors (Lipinski definition) is 4. The Hall–Kier alpha value is -3.36. The number of ether oxygens (including phenoxy) is 1. The minimum absolute atomic E-state index is 0.103. The number of sulfonamides is 1.